The van der Waals surface area contributed by atoms with Gasteiger partial charge in [0, 0.05) is 37.2 Å². The van der Waals surface area contributed by atoms with Crippen molar-refractivity contribution in [2.24, 2.45) is 10.9 Å². The van der Waals surface area contributed by atoms with Crippen LogP contribution in [0, 0.1) is 16.0 Å². The Morgan fingerprint density at radius 1 is 1.22 bits per heavy atom. The van der Waals surface area contributed by atoms with Crippen LogP contribution in [0.15, 0.2) is 29.3 Å². The maximum Gasteiger partial charge on any atom is 0.269 e. The second-order valence-electron chi connectivity index (χ2n) is 7.35. The van der Waals surface area contributed by atoms with Crippen LogP contribution in [0.4, 0.5) is 5.69 Å². The standard InChI is InChI=1S/C19H28N4O4/c24-18-7-3-16(4-8-18)22-19(21-12-15-9-10-27-13-15)20-11-14-1-5-17(6-2-14)23(25)26/h1-2,5-6,15-16,18,24H,3-4,7-13H2,(H2,20,21,22). The van der Waals surface area contributed by atoms with Gasteiger partial charge in [0.15, 0.2) is 5.96 Å². The van der Waals surface area contributed by atoms with Gasteiger partial charge in [0.2, 0.25) is 0 Å². The molecule has 1 atom stereocenters. The lowest BCUT2D eigenvalue weighted by molar-refractivity contribution is -0.384. The number of hydrogen-bond acceptors (Lipinski definition) is 5. The quantitative estimate of drug-likeness (QED) is 0.303. The fourth-order valence-corrected chi connectivity index (χ4v) is 3.44. The van der Waals surface area contributed by atoms with Crippen LogP contribution in [-0.2, 0) is 11.3 Å². The summed E-state index contributed by atoms with van der Waals surface area (Å²) in [6.07, 6.45) is 4.33. The molecule has 1 unspecified atom stereocenters. The number of ether oxygens (including phenoxy) is 1. The van der Waals surface area contributed by atoms with Gasteiger partial charge in [-0.2, -0.15) is 0 Å². The van der Waals surface area contributed by atoms with E-state index in [1.54, 1.807) is 12.1 Å². The van der Waals surface area contributed by atoms with Gasteiger partial charge in [-0.05, 0) is 37.7 Å². The second kappa shape index (κ2) is 9.66. The number of benzene rings is 1. The predicted molar refractivity (Wildman–Crippen MR) is 103 cm³/mol. The molecule has 2 fully saturated rings. The van der Waals surface area contributed by atoms with Crippen LogP contribution in [0.25, 0.3) is 0 Å². The highest BCUT2D eigenvalue weighted by Crippen LogP contribution is 2.18. The molecule has 148 valence electrons. The average molecular weight is 376 g/mol. The van der Waals surface area contributed by atoms with E-state index in [0.29, 0.717) is 18.5 Å². The largest absolute Gasteiger partial charge is 0.393 e. The van der Waals surface area contributed by atoms with E-state index in [9.17, 15) is 15.2 Å². The minimum atomic E-state index is -0.400. The monoisotopic (exact) mass is 376 g/mol. The third-order valence-electron chi connectivity index (χ3n) is 5.19. The number of aliphatic hydroxyl groups excluding tert-OH is 1. The topological polar surface area (TPSA) is 109 Å². The van der Waals surface area contributed by atoms with Crippen molar-refractivity contribution >= 4 is 11.6 Å². The molecule has 0 spiro atoms. The normalized spacial score (nSPS) is 26.0. The molecule has 1 heterocycles. The van der Waals surface area contributed by atoms with E-state index in [2.05, 4.69) is 15.6 Å². The fraction of sp³-hybridized carbons (Fsp3) is 0.632. The van der Waals surface area contributed by atoms with Crippen molar-refractivity contribution in [1.29, 1.82) is 0 Å². The van der Waals surface area contributed by atoms with Crippen molar-refractivity contribution in [3.05, 3.63) is 39.9 Å². The molecule has 2 aliphatic rings. The van der Waals surface area contributed by atoms with Crippen molar-refractivity contribution < 1.29 is 14.8 Å². The summed E-state index contributed by atoms with van der Waals surface area (Å²) in [7, 11) is 0. The fourth-order valence-electron chi connectivity index (χ4n) is 3.44. The van der Waals surface area contributed by atoms with Gasteiger partial charge in [0.05, 0.1) is 24.2 Å². The van der Waals surface area contributed by atoms with E-state index < -0.39 is 4.92 Å². The van der Waals surface area contributed by atoms with E-state index in [-0.39, 0.29) is 11.8 Å². The van der Waals surface area contributed by atoms with E-state index in [1.807, 2.05) is 0 Å². The first-order chi connectivity index (χ1) is 13.1. The molecule has 1 aromatic carbocycles. The molecule has 1 saturated carbocycles. The van der Waals surface area contributed by atoms with Crippen molar-refractivity contribution in [2.45, 2.75) is 50.8 Å². The van der Waals surface area contributed by atoms with Gasteiger partial charge in [-0.15, -0.1) is 0 Å². The van der Waals surface area contributed by atoms with E-state index in [1.165, 1.54) is 12.1 Å². The molecule has 8 heteroatoms. The molecule has 0 bridgehead atoms. The summed E-state index contributed by atoms with van der Waals surface area (Å²) in [5.74, 6) is 1.24. The summed E-state index contributed by atoms with van der Waals surface area (Å²) in [5, 5.41) is 27.3. The Morgan fingerprint density at radius 2 is 1.96 bits per heavy atom. The molecule has 1 aliphatic carbocycles. The zero-order valence-corrected chi connectivity index (χ0v) is 15.5. The smallest absolute Gasteiger partial charge is 0.269 e. The SMILES string of the molecule is O=[N+]([O-])c1ccc(CN=C(NCC2CCOC2)NC2CCC(O)CC2)cc1. The zero-order valence-electron chi connectivity index (χ0n) is 15.5. The molecule has 3 N–H and O–H groups in total. The highest BCUT2D eigenvalue weighted by Gasteiger charge is 2.21. The molecule has 27 heavy (non-hydrogen) atoms. The first-order valence-electron chi connectivity index (χ1n) is 9.64. The Labute approximate surface area is 159 Å². The molecule has 0 aromatic heterocycles. The lowest BCUT2D eigenvalue weighted by Crippen LogP contribution is -2.46. The van der Waals surface area contributed by atoms with Gasteiger partial charge in [-0.3, -0.25) is 10.1 Å². The molecule has 0 amide bonds. The number of aliphatic hydroxyl groups is 1. The Hall–Kier alpha value is -2.19. The number of guanidine groups is 1. The van der Waals surface area contributed by atoms with E-state index >= 15 is 0 Å². The van der Waals surface area contributed by atoms with Crippen molar-refractivity contribution in [1.82, 2.24) is 10.6 Å². The number of nitrogens with zero attached hydrogens (tertiary/aromatic N) is 2. The van der Waals surface area contributed by atoms with Crippen LogP contribution >= 0.6 is 0 Å². The van der Waals surface area contributed by atoms with Gasteiger partial charge < -0.3 is 20.5 Å². The molecule has 3 rings (SSSR count). The van der Waals surface area contributed by atoms with Crippen LogP contribution in [-0.4, -0.2) is 47.9 Å². The summed E-state index contributed by atoms with van der Waals surface area (Å²) in [6, 6.07) is 6.78. The third kappa shape index (κ3) is 6.18. The van der Waals surface area contributed by atoms with Crippen LogP contribution in [0.3, 0.4) is 0 Å². The summed E-state index contributed by atoms with van der Waals surface area (Å²) >= 11 is 0. The highest BCUT2D eigenvalue weighted by atomic mass is 16.6. The van der Waals surface area contributed by atoms with Crippen LogP contribution in [0.5, 0.6) is 0 Å². The number of hydrogen-bond donors (Lipinski definition) is 3. The number of non-ortho nitro benzene ring substituents is 1. The van der Waals surface area contributed by atoms with Crippen molar-refractivity contribution in [3.8, 4) is 0 Å². The van der Waals surface area contributed by atoms with Crippen LogP contribution in [0.2, 0.25) is 0 Å². The molecule has 8 nitrogen and oxygen atoms in total. The lowest BCUT2D eigenvalue weighted by atomic mass is 9.93. The molecule has 1 saturated heterocycles. The molecular formula is C19H28N4O4. The first-order valence-corrected chi connectivity index (χ1v) is 9.64. The Kier molecular flexibility index (Phi) is 7.00. The summed E-state index contributed by atoms with van der Waals surface area (Å²) in [4.78, 5) is 15.0. The minimum absolute atomic E-state index is 0.0844. The Bertz CT molecular complexity index is 636. The summed E-state index contributed by atoms with van der Waals surface area (Å²) < 4.78 is 5.43. The second-order valence-corrected chi connectivity index (χ2v) is 7.35. The van der Waals surface area contributed by atoms with Gasteiger partial charge in [0.1, 0.15) is 0 Å². The van der Waals surface area contributed by atoms with Gasteiger partial charge >= 0.3 is 0 Å². The first kappa shape index (κ1) is 19.6. The average Bonchev–Trinajstić information content (AvgIpc) is 3.19. The number of nitro benzene ring substituents is 1. The molecular weight excluding hydrogens is 348 g/mol. The highest BCUT2D eigenvalue weighted by molar-refractivity contribution is 5.80. The Morgan fingerprint density at radius 3 is 2.59 bits per heavy atom. The van der Waals surface area contributed by atoms with Crippen LogP contribution < -0.4 is 10.6 Å². The van der Waals surface area contributed by atoms with Gasteiger partial charge in [-0.1, -0.05) is 12.1 Å². The van der Waals surface area contributed by atoms with Gasteiger partial charge in [0.25, 0.3) is 5.69 Å². The van der Waals surface area contributed by atoms with Crippen molar-refractivity contribution in [2.75, 3.05) is 19.8 Å². The number of aliphatic imine (C=N–C) groups is 1. The summed E-state index contributed by atoms with van der Waals surface area (Å²) in [5.41, 5.74) is 1.01. The number of nitro groups is 1. The number of rotatable bonds is 6. The maximum atomic E-state index is 10.8. The molecule has 1 aromatic rings. The minimum Gasteiger partial charge on any atom is -0.393 e. The molecule has 0 radical (unpaired) electrons. The van der Waals surface area contributed by atoms with E-state index in [4.69, 9.17) is 4.74 Å². The van der Waals surface area contributed by atoms with Gasteiger partial charge in [-0.25, -0.2) is 4.99 Å². The number of nitrogens with one attached hydrogen (secondary N) is 2. The lowest BCUT2D eigenvalue weighted by Gasteiger charge is -2.28. The van der Waals surface area contributed by atoms with Crippen LogP contribution in [0.1, 0.15) is 37.7 Å². The maximum absolute atomic E-state index is 10.8. The molecule has 1 aliphatic heterocycles. The van der Waals surface area contributed by atoms with E-state index in [0.717, 1.165) is 63.4 Å². The van der Waals surface area contributed by atoms with Crippen molar-refractivity contribution in [3.63, 3.8) is 0 Å². The third-order valence-corrected chi connectivity index (χ3v) is 5.19. The Balaban J connectivity index is 1.59. The predicted octanol–water partition coefficient (Wildman–Crippen LogP) is 1.97. The zero-order chi connectivity index (χ0) is 19.1. The summed E-state index contributed by atoms with van der Waals surface area (Å²) in [6.45, 7) is 2.85.